The minimum absolute atomic E-state index is 0. The average molecular weight is 126 g/mol. The van der Waals surface area contributed by atoms with Gasteiger partial charge in [-0.05, 0) is 0 Å². The summed E-state index contributed by atoms with van der Waals surface area (Å²) >= 11 is 0. The van der Waals surface area contributed by atoms with Gasteiger partial charge in [-0.1, -0.05) is 0 Å². The van der Waals surface area contributed by atoms with Gasteiger partial charge in [-0.3, -0.25) is 0 Å². The predicted molar refractivity (Wildman–Crippen MR) is 23.6 cm³/mol. The van der Waals surface area contributed by atoms with Crippen LogP contribution in [0.15, 0.2) is 0 Å². The standard InChI is InChI=1S/C2H2F2O2.Al.3H/c3-1(4)2(5)6;;;;/h1H,(H,5,6);;;;. The lowest BCUT2D eigenvalue weighted by Gasteiger charge is -1.81. The molecule has 0 saturated heterocycles. The van der Waals surface area contributed by atoms with Crippen LogP contribution in [-0.2, 0) is 4.79 Å². The highest BCUT2D eigenvalue weighted by atomic mass is 27.0. The third kappa shape index (κ3) is 5.86. The van der Waals surface area contributed by atoms with Gasteiger partial charge in [0.2, 0.25) is 0 Å². The average Bonchev–Trinajstić information content (AvgIpc) is 1.36. The molecule has 0 radical (unpaired) electrons. The van der Waals surface area contributed by atoms with Gasteiger partial charge in [-0.15, -0.1) is 0 Å². The number of rotatable bonds is 1. The highest BCUT2D eigenvalue weighted by molar-refractivity contribution is 5.75. The van der Waals surface area contributed by atoms with Crippen LogP contribution in [-0.4, -0.2) is 34.9 Å². The van der Waals surface area contributed by atoms with E-state index in [1.165, 1.54) is 0 Å². The van der Waals surface area contributed by atoms with Crippen LogP contribution in [0.1, 0.15) is 0 Å². The minimum atomic E-state index is -3.23. The number of carbonyl (C=O) groups is 1. The van der Waals surface area contributed by atoms with E-state index in [-0.39, 0.29) is 17.4 Å². The molecular weight excluding hydrogens is 121 g/mol. The van der Waals surface area contributed by atoms with E-state index in [9.17, 15) is 8.78 Å². The molecule has 0 heterocycles. The van der Waals surface area contributed by atoms with E-state index in [0.717, 1.165) is 0 Å². The van der Waals surface area contributed by atoms with Gasteiger partial charge in [-0.25, -0.2) is 4.79 Å². The molecule has 0 unspecified atom stereocenters. The van der Waals surface area contributed by atoms with E-state index >= 15 is 0 Å². The third-order valence-corrected chi connectivity index (χ3v) is 0.187. The normalized spacial score (nSPS) is 7.86. The molecule has 0 bridgehead atoms. The van der Waals surface area contributed by atoms with Gasteiger partial charge in [0.15, 0.2) is 17.4 Å². The monoisotopic (exact) mass is 126 g/mol. The zero-order chi connectivity index (χ0) is 5.15. The third-order valence-electron chi connectivity index (χ3n) is 0.187. The van der Waals surface area contributed by atoms with Crippen molar-refractivity contribution in [3.05, 3.63) is 0 Å². The molecule has 0 aromatic rings. The fourth-order valence-electron chi connectivity index (χ4n) is 0. The summed E-state index contributed by atoms with van der Waals surface area (Å²) in [6, 6.07) is 0. The molecule has 0 aliphatic heterocycles. The number of aliphatic carboxylic acids is 1. The Hall–Kier alpha value is -0.138. The van der Waals surface area contributed by atoms with Gasteiger partial charge in [0.25, 0.3) is 0 Å². The van der Waals surface area contributed by atoms with E-state index in [2.05, 4.69) is 0 Å². The molecule has 1 N–H and O–H groups in total. The maximum atomic E-state index is 10.6. The van der Waals surface area contributed by atoms with Gasteiger partial charge in [0, 0.05) is 0 Å². The fourth-order valence-corrected chi connectivity index (χ4v) is 0. The van der Waals surface area contributed by atoms with Crippen molar-refractivity contribution in [1.82, 2.24) is 0 Å². The molecule has 0 atom stereocenters. The van der Waals surface area contributed by atoms with Crippen LogP contribution in [0, 0.1) is 0 Å². The summed E-state index contributed by atoms with van der Waals surface area (Å²) in [4.78, 5) is 8.95. The molecule has 0 aliphatic carbocycles. The van der Waals surface area contributed by atoms with Gasteiger partial charge >= 0.3 is 12.4 Å². The number of alkyl halides is 2. The number of carboxylic acid groups (broad SMARTS) is 1. The second-order valence-corrected chi connectivity index (χ2v) is 0.639. The zero-order valence-electron chi connectivity index (χ0n) is 2.69. The maximum absolute atomic E-state index is 10.6. The minimum Gasteiger partial charge on any atom is -0.477 e. The number of carboxylic acids is 1. The first-order valence-corrected chi connectivity index (χ1v) is 1.15. The van der Waals surface area contributed by atoms with Crippen molar-refractivity contribution < 1.29 is 18.7 Å². The lowest BCUT2D eigenvalue weighted by atomic mass is 10.7. The first-order chi connectivity index (χ1) is 2.64. The highest BCUT2D eigenvalue weighted by Gasteiger charge is 2.10. The van der Waals surface area contributed by atoms with Gasteiger partial charge < -0.3 is 5.11 Å². The van der Waals surface area contributed by atoms with E-state index in [1.54, 1.807) is 0 Å². The smallest absolute Gasteiger partial charge is 0.371 e. The van der Waals surface area contributed by atoms with E-state index < -0.39 is 12.4 Å². The van der Waals surface area contributed by atoms with E-state index in [4.69, 9.17) is 9.90 Å². The van der Waals surface area contributed by atoms with Gasteiger partial charge in [0.1, 0.15) is 0 Å². The molecule has 5 heteroatoms. The lowest BCUT2D eigenvalue weighted by Crippen LogP contribution is -2.06. The first-order valence-electron chi connectivity index (χ1n) is 1.15. The number of halogens is 2. The lowest BCUT2D eigenvalue weighted by molar-refractivity contribution is -0.149. The molecule has 0 spiro atoms. The summed E-state index contributed by atoms with van der Waals surface area (Å²) in [7, 11) is 0. The van der Waals surface area contributed by atoms with Crippen molar-refractivity contribution in [2.24, 2.45) is 0 Å². The topological polar surface area (TPSA) is 37.3 Å². The molecule has 0 rings (SSSR count). The second-order valence-electron chi connectivity index (χ2n) is 0.639. The number of hydrogen-bond acceptors (Lipinski definition) is 1. The fraction of sp³-hybridized carbons (Fsp3) is 0.500. The molecule has 0 saturated carbocycles. The van der Waals surface area contributed by atoms with Crippen molar-refractivity contribution >= 4 is 23.3 Å². The van der Waals surface area contributed by atoms with Crippen LogP contribution in [0.4, 0.5) is 8.78 Å². The molecule has 2 nitrogen and oxygen atoms in total. The Labute approximate surface area is 49.3 Å². The van der Waals surface area contributed by atoms with E-state index in [0.29, 0.717) is 0 Å². The summed E-state index contributed by atoms with van der Waals surface area (Å²) in [5, 5.41) is 7.24. The molecule has 0 aromatic carbocycles. The molecule has 0 fully saturated rings. The Bertz CT molecular complexity index is 64.7. The Morgan fingerprint density at radius 1 is 1.57 bits per heavy atom. The molecule has 0 aromatic heterocycles. The Morgan fingerprint density at radius 2 is 1.71 bits per heavy atom. The van der Waals surface area contributed by atoms with Crippen molar-refractivity contribution in [2.75, 3.05) is 0 Å². The van der Waals surface area contributed by atoms with Crippen LogP contribution < -0.4 is 0 Å². The first kappa shape index (κ1) is 9.98. The zero-order valence-corrected chi connectivity index (χ0v) is 2.69. The second kappa shape index (κ2) is 4.03. The molecule has 7 heavy (non-hydrogen) atoms. The molecule has 0 aliphatic rings. The molecular formula is C2H5AlF2O2. The highest BCUT2D eigenvalue weighted by Crippen LogP contribution is 1.87. The van der Waals surface area contributed by atoms with Gasteiger partial charge in [0.05, 0.1) is 0 Å². The van der Waals surface area contributed by atoms with Crippen molar-refractivity contribution in [2.45, 2.75) is 6.43 Å². The summed E-state index contributed by atoms with van der Waals surface area (Å²) in [6.07, 6.45) is -3.23. The van der Waals surface area contributed by atoms with Crippen LogP contribution in [0.5, 0.6) is 0 Å². The SMILES string of the molecule is O=C(O)C(F)F.[AlH3]. The van der Waals surface area contributed by atoms with Crippen LogP contribution in [0.2, 0.25) is 0 Å². The maximum Gasteiger partial charge on any atom is 0.371 e. The van der Waals surface area contributed by atoms with Crippen LogP contribution >= 0.6 is 0 Å². The summed E-state index contributed by atoms with van der Waals surface area (Å²) in [5.41, 5.74) is 0. The van der Waals surface area contributed by atoms with Crippen molar-refractivity contribution in [3.63, 3.8) is 0 Å². The molecule has 0 amide bonds. The predicted octanol–water partition coefficient (Wildman–Crippen LogP) is -0.848. The largest absolute Gasteiger partial charge is 0.477 e. The van der Waals surface area contributed by atoms with Crippen LogP contribution in [0.25, 0.3) is 0 Å². The Kier molecular flexibility index (Phi) is 5.75. The summed E-state index contributed by atoms with van der Waals surface area (Å²) in [6.45, 7) is 0. The van der Waals surface area contributed by atoms with Gasteiger partial charge in [-0.2, -0.15) is 8.78 Å². The Morgan fingerprint density at radius 3 is 1.71 bits per heavy atom. The quantitative estimate of drug-likeness (QED) is 0.465. The molecule has 42 valence electrons. The Balaban J connectivity index is 0. The van der Waals surface area contributed by atoms with Crippen molar-refractivity contribution in [3.8, 4) is 0 Å². The summed E-state index contributed by atoms with van der Waals surface area (Å²) in [5.74, 6) is -2.07. The number of hydrogen-bond donors (Lipinski definition) is 1. The van der Waals surface area contributed by atoms with Crippen LogP contribution in [0.3, 0.4) is 0 Å². The summed E-state index contributed by atoms with van der Waals surface area (Å²) < 4.78 is 21.1. The van der Waals surface area contributed by atoms with E-state index in [1.807, 2.05) is 0 Å². The van der Waals surface area contributed by atoms with Crippen molar-refractivity contribution in [1.29, 1.82) is 0 Å².